The summed E-state index contributed by atoms with van der Waals surface area (Å²) in [5, 5.41) is 9.22. The van der Waals surface area contributed by atoms with Crippen molar-refractivity contribution in [3.63, 3.8) is 0 Å². The topological polar surface area (TPSA) is 84.6 Å². The summed E-state index contributed by atoms with van der Waals surface area (Å²) in [7, 11) is 0. The molecule has 0 aliphatic heterocycles. The van der Waals surface area contributed by atoms with Gasteiger partial charge in [0.05, 0.1) is 12.1 Å². The lowest BCUT2D eigenvalue weighted by Crippen LogP contribution is -2.23. The Hall–Kier alpha value is -1.43. The molecule has 0 atom stereocenters. The van der Waals surface area contributed by atoms with Gasteiger partial charge < -0.3 is 16.6 Å². The van der Waals surface area contributed by atoms with Gasteiger partial charge in [-0.3, -0.25) is 4.99 Å². The molecule has 0 unspecified atom stereocenters. The first-order valence-corrected chi connectivity index (χ1v) is 5.01. The van der Waals surface area contributed by atoms with Crippen molar-refractivity contribution in [3.8, 4) is 5.75 Å². The van der Waals surface area contributed by atoms with Crippen molar-refractivity contribution < 1.29 is 8.99 Å². The second kappa shape index (κ2) is 5.45. The van der Waals surface area contributed by atoms with Crippen molar-refractivity contribution in [1.82, 2.24) is 0 Å². The Bertz CT molecular complexity index is 366. The van der Waals surface area contributed by atoms with Crippen LogP contribution in [0.1, 0.15) is 5.56 Å². The van der Waals surface area contributed by atoms with Crippen LogP contribution >= 0.6 is 12.1 Å². The Labute approximate surface area is 91.5 Å². The molecule has 1 aromatic rings. The molecule has 6 heteroatoms. The third-order valence-electron chi connectivity index (χ3n) is 1.80. The largest absolute Gasteiger partial charge is 0.508 e. The third-order valence-corrected chi connectivity index (χ3v) is 2.37. The van der Waals surface area contributed by atoms with Crippen LogP contribution in [-0.2, 0) is 6.42 Å². The molecule has 0 saturated carbocycles. The highest BCUT2D eigenvalue weighted by Crippen LogP contribution is 2.27. The Morgan fingerprint density at radius 2 is 2.20 bits per heavy atom. The molecule has 1 rings (SSSR count). The van der Waals surface area contributed by atoms with E-state index in [0.717, 1.165) is 0 Å². The Morgan fingerprint density at radius 1 is 1.47 bits per heavy atom. The van der Waals surface area contributed by atoms with Crippen molar-refractivity contribution in [2.24, 2.45) is 16.5 Å². The van der Waals surface area contributed by atoms with E-state index < -0.39 is 0 Å². The number of guanidine groups is 1. The number of hydrogen-bond donors (Lipinski definition) is 3. The van der Waals surface area contributed by atoms with Gasteiger partial charge in [-0.05, 0) is 30.2 Å². The number of halogens is 1. The molecule has 1 aromatic carbocycles. The zero-order valence-electron chi connectivity index (χ0n) is 7.98. The fourth-order valence-electron chi connectivity index (χ4n) is 1.14. The van der Waals surface area contributed by atoms with Gasteiger partial charge in [0.15, 0.2) is 5.96 Å². The average molecular weight is 229 g/mol. The van der Waals surface area contributed by atoms with E-state index in [9.17, 15) is 8.99 Å². The number of benzene rings is 1. The molecular weight excluding hydrogens is 217 g/mol. The summed E-state index contributed by atoms with van der Waals surface area (Å²) in [6, 6.07) is 4.46. The first kappa shape index (κ1) is 11.6. The molecule has 0 spiro atoms. The van der Waals surface area contributed by atoms with E-state index in [1.54, 1.807) is 0 Å². The van der Waals surface area contributed by atoms with Crippen LogP contribution in [-0.4, -0.2) is 17.6 Å². The van der Waals surface area contributed by atoms with Crippen molar-refractivity contribution >= 4 is 18.1 Å². The second-order valence-corrected chi connectivity index (χ2v) is 3.52. The zero-order valence-corrected chi connectivity index (χ0v) is 8.80. The summed E-state index contributed by atoms with van der Waals surface area (Å²) < 4.78 is 12.5. The number of phenolic OH excluding ortho intramolecular Hbond substituents is 1. The maximum atomic E-state index is 12.5. The van der Waals surface area contributed by atoms with E-state index in [4.69, 9.17) is 11.5 Å². The fraction of sp³-hybridized carbons (Fsp3) is 0.222. The molecule has 0 amide bonds. The Morgan fingerprint density at radius 3 is 2.80 bits per heavy atom. The summed E-state index contributed by atoms with van der Waals surface area (Å²) in [6.07, 6.45) is 0.485. The molecule has 0 saturated heterocycles. The van der Waals surface area contributed by atoms with Gasteiger partial charge in [-0.1, -0.05) is 0 Å². The number of aromatic hydroxyl groups is 1. The van der Waals surface area contributed by atoms with Gasteiger partial charge in [-0.25, -0.2) is 0 Å². The van der Waals surface area contributed by atoms with E-state index >= 15 is 0 Å². The average Bonchev–Trinajstić information content (AvgIpc) is 2.17. The standard InChI is InChI=1S/C9H12FN3OS/c10-15-8-2-1-7(14)5-6(8)3-4-13-9(11)12/h1-2,5,14H,3-4H2,(H4,11,12,13). The van der Waals surface area contributed by atoms with Crippen LogP contribution in [0.4, 0.5) is 3.89 Å². The molecular formula is C9H12FN3OS. The highest BCUT2D eigenvalue weighted by Gasteiger charge is 2.04. The molecule has 0 radical (unpaired) electrons. The predicted octanol–water partition coefficient (Wildman–Crippen LogP) is 1.18. The number of phenols is 1. The molecule has 82 valence electrons. The molecule has 0 bridgehead atoms. The lowest BCUT2D eigenvalue weighted by Gasteiger charge is -2.04. The molecule has 0 aliphatic carbocycles. The quantitative estimate of drug-likeness (QED) is 0.534. The minimum Gasteiger partial charge on any atom is -0.508 e. The lowest BCUT2D eigenvalue weighted by molar-refractivity contribution is 0.474. The van der Waals surface area contributed by atoms with Gasteiger partial charge in [-0.2, -0.15) is 3.89 Å². The molecule has 0 heterocycles. The number of hydrogen-bond acceptors (Lipinski definition) is 3. The number of rotatable bonds is 4. The Balaban J connectivity index is 2.74. The second-order valence-electron chi connectivity index (χ2n) is 2.93. The van der Waals surface area contributed by atoms with E-state index in [1.165, 1.54) is 18.2 Å². The monoisotopic (exact) mass is 229 g/mol. The van der Waals surface area contributed by atoms with Crippen LogP contribution < -0.4 is 11.5 Å². The molecule has 5 N–H and O–H groups in total. The highest BCUT2D eigenvalue weighted by molar-refractivity contribution is 7.94. The minimum atomic E-state index is 0.00426. The molecule has 4 nitrogen and oxygen atoms in total. The van der Waals surface area contributed by atoms with Gasteiger partial charge in [0, 0.05) is 11.4 Å². The van der Waals surface area contributed by atoms with E-state index in [-0.39, 0.29) is 23.9 Å². The maximum absolute atomic E-state index is 12.5. The molecule has 0 aromatic heterocycles. The van der Waals surface area contributed by atoms with Crippen LogP contribution in [0.3, 0.4) is 0 Å². The number of nitrogens with zero attached hydrogens (tertiary/aromatic N) is 1. The van der Waals surface area contributed by atoms with Gasteiger partial charge >= 0.3 is 0 Å². The van der Waals surface area contributed by atoms with Crippen molar-refractivity contribution in [1.29, 1.82) is 0 Å². The Kier molecular flexibility index (Phi) is 4.23. The SMILES string of the molecule is NC(N)=NCCc1cc(O)ccc1SF. The zero-order chi connectivity index (χ0) is 11.3. The molecule has 0 fully saturated rings. The van der Waals surface area contributed by atoms with Crippen LogP contribution in [0.5, 0.6) is 5.75 Å². The lowest BCUT2D eigenvalue weighted by atomic mass is 10.1. The van der Waals surface area contributed by atoms with E-state index in [0.29, 0.717) is 23.4 Å². The van der Waals surface area contributed by atoms with E-state index in [1.807, 2.05) is 0 Å². The van der Waals surface area contributed by atoms with Crippen LogP contribution in [0.2, 0.25) is 0 Å². The number of aliphatic imine (C=N–C) groups is 1. The summed E-state index contributed by atoms with van der Waals surface area (Å²) in [5.41, 5.74) is 11.0. The highest BCUT2D eigenvalue weighted by atomic mass is 32.2. The fourth-order valence-corrected chi connectivity index (χ4v) is 1.52. The van der Waals surface area contributed by atoms with Gasteiger partial charge in [0.2, 0.25) is 0 Å². The van der Waals surface area contributed by atoms with Crippen molar-refractivity contribution in [2.75, 3.05) is 6.54 Å². The summed E-state index contributed by atoms with van der Waals surface area (Å²) in [6.45, 7) is 0.374. The minimum absolute atomic E-state index is 0.00426. The smallest absolute Gasteiger partial charge is 0.185 e. The van der Waals surface area contributed by atoms with Gasteiger partial charge in [0.1, 0.15) is 5.75 Å². The van der Waals surface area contributed by atoms with Crippen LogP contribution in [0.15, 0.2) is 28.1 Å². The molecule has 15 heavy (non-hydrogen) atoms. The first-order chi connectivity index (χ1) is 7.13. The summed E-state index contributed by atoms with van der Waals surface area (Å²) in [5.74, 6) is 0.108. The maximum Gasteiger partial charge on any atom is 0.185 e. The first-order valence-electron chi connectivity index (χ1n) is 4.29. The van der Waals surface area contributed by atoms with Crippen molar-refractivity contribution in [2.45, 2.75) is 11.3 Å². The van der Waals surface area contributed by atoms with Crippen LogP contribution in [0, 0.1) is 0 Å². The summed E-state index contributed by atoms with van der Waals surface area (Å²) >= 11 is 0.141. The third kappa shape index (κ3) is 3.67. The summed E-state index contributed by atoms with van der Waals surface area (Å²) in [4.78, 5) is 4.25. The normalized spacial score (nSPS) is 9.93. The van der Waals surface area contributed by atoms with E-state index in [2.05, 4.69) is 4.99 Å². The van der Waals surface area contributed by atoms with Crippen molar-refractivity contribution in [3.05, 3.63) is 23.8 Å². The molecule has 0 aliphatic rings. The van der Waals surface area contributed by atoms with Gasteiger partial charge in [0.25, 0.3) is 0 Å². The van der Waals surface area contributed by atoms with Crippen LogP contribution in [0.25, 0.3) is 0 Å². The number of nitrogens with two attached hydrogens (primary N) is 2. The predicted molar refractivity (Wildman–Crippen MR) is 59.5 cm³/mol. The van der Waals surface area contributed by atoms with Gasteiger partial charge in [-0.15, -0.1) is 0 Å².